The molecule has 0 radical (unpaired) electrons. The van der Waals surface area contributed by atoms with E-state index < -0.39 is 5.97 Å². The van der Waals surface area contributed by atoms with Gasteiger partial charge in [0.15, 0.2) is 5.69 Å². The first kappa shape index (κ1) is 12.8. The third-order valence-corrected chi connectivity index (χ3v) is 3.47. The molecule has 2 rings (SSSR count). The quantitative estimate of drug-likeness (QED) is 0.760. The molecule has 18 heavy (non-hydrogen) atoms. The summed E-state index contributed by atoms with van der Waals surface area (Å²) in [5, 5.41) is 21.7. The first-order chi connectivity index (χ1) is 8.65. The SMILES string of the molecule is O=C(O)c1cccc(NC2(CO)CCCCC2)n1. The number of carboxylic acids is 1. The first-order valence-corrected chi connectivity index (χ1v) is 6.25. The van der Waals surface area contributed by atoms with E-state index in [1.54, 1.807) is 12.1 Å². The van der Waals surface area contributed by atoms with Crippen LogP contribution in [0.15, 0.2) is 18.2 Å². The molecular formula is C13H18N2O3. The summed E-state index contributed by atoms with van der Waals surface area (Å²) < 4.78 is 0. The van der Waals surface area contributed by atoms with Crippen LogP contribution in [0.3, 0.4) is 0 Å². The number of nitrogens with zero attached hydrogens (tertiary/aromatic N) is 1. The molecule has 0 aliphatic heterocycles. The molecule has 98 valence electrons. The van der Waals surface area contributed by atoms with E-state index in [0.717, 1.165) is 25.7 Å². The zero-order chi connectivity index (χ0) is 13.0. The summed E-state index contributed by atoms with van der Waals surface area (Å²) in [6.45, 7) is 0.0476. The number of aromatic nitrogens is 1. The van der Waals surface area contributed by atoms with Crippen LogP contribution in [-0.2, 0) is 0 Å². The lowest BCUT2D eigenvalue weighted by atomic mass is 9.82. The molecule has 5 nitrogen and oxygen atoms in total. The number of hydrogen-bond acceptors (Lipinski definition) is 4. The maximum Gasteiger partial charge on any atom is 0.354 e. The summed E-state index contributed by atoms with van der Waals surface area (Å²) in [5.74, 6) is -0.522. The Hall–Kier alpha value is -1.62. The van der Waals surface area contributed by atoms with Gasteiger partial charge in [-0.25, -0.2) is 9.78 Å². The van der Waals surface area contributed by atoms with Crippen molar-refractivity contribution in [3.05, 3.63) is 23.9 Å². The molecular weight excluding hydrogens is 232 g/mol. The van der Waals surface area contributed by atoms with Gasteiger partial charge in [0.25, 0.3) is 0 Å². The molecule has 5 heteroatoms. The highest BCUT2D eigenvalue weighted by molar-refractivity contribution is 5.85. The van der Waals surface area contributed by atoms with Crippen LogP contribution in [0.2, 0.25) is 0 Å². The summed E-state index contributed by atoms with van der Waals surface area (Å²) >= 11 is 0. The van der Waals surface area contributed by atoms with Gasteiger partial charge in [-0.15, -0.1) is 0 Å². The predicted octanol–water partition coefficient (Wildman–Crippen LogP) is 1.89. The fourth-order valence-corrected chi connectivity index (χ4v) is 2.45. The van der Waals surface area contributed by atoms with E-state index in [9.17, 15) is 9.90 Å². The summed E-state index contributed by atoms with van der Waals surface area (Å²) in [6, 6.07) is 4.85. The van der Waals surface area contributed by atoms with Gasteiger partial charge < -0.3 is 15.5 Å². The number of aliphatic hydroxyl groups excluding tert-OH is 1. The van der Waals surface area contributed by atoms with E-state index in [1.807, 2.05) is 0 Å². The molecule has 1 aromatic rings. The van der Waals surface area contributed by atoms with E-state index in [0.29, 0.717) is 5.82 Å². The number of aliphatic hydroxyl groups is 1. The predicted molar refractivity (Wildman–Crippen MR) is 67.7 cm³/mol. The van der Waals surface area contributed by atoms with Gasteiger partial charge in [-0.3, -0.25) is 0 Å². The molecule has 0 atom stereocenters. The Morgan fingerprint density at radius 3 is 2.67 bits per heavy atom. The van der Waals surface area contributed by atoms with Crippen LogP contribution in [0.1, 0.15) is 42.6 Å². The molecule has 0 amide bonds. The second-order valence-electron chi connectivity index (χ2n) is 4.84. The van der Waals surface area contributed by atoms with Crippen LogP contribution in [-0.4, -0.2) is 33.3 Å². The van der Waals surface area contributed by atoms with E-state index in [1.165, 1.54) is 12.5 Å². The minimum absolute atomic E-state index is 0.0175. The van der Waals surface area contributed by atoms with Crippen molar-refractivity contribution in [3.8, 4) is 0 Å². The normalized spacial score (nSPS) is 18.3. The van der Waals surface area contributed by atoms with Crippen LogP contribution >= 0.6 is 0 Å². The molecule has 0 unspecified atom stereocenters. The number of aromatic carboxylic acids is 1. The smallest absolute Gasteiger partial charge is 0.354 e. The summed E-state index contributed by atoms with van der Waals surface area (Å²) in [6.07, 6.45) is 5.12. The Labute approximate surface area is 106 Å². The van der Waals surface area contributed by atoms with Gasteiger partial charge in [-0.2, -0.15) is 0 Å². The van der Waals surface area contributed by atoms with Crippen molar-refractivity contribution < 1.29 is 15.0 Å². The molecule has 0 aromatic carbocycles. The van der Waals surface area contributed by atoms with Gasteiger partial charge in [-0.1, -0.05) is 25.3 Å². The van der Waals surface area contributed by atoms with E-state index >= 15 is 0 Å². The summed E-state index contributed by atoms with van der Waals surface area (Å²) in [4.78, 5) is 14.9. The van der Waals surface area contributed by atoms with Crippen molar-refractivity contribution in [2.24, 2.45) is 0 Å². The van der Waals surface area contributed by atoms with Gasteiger partial charge in [0, 0.05) is 0 Å². The van der Waals surface area contributed by atoms with Crippen molar-refractivity contribution in [2.45, 2.75) is 37.6 Å². The zero-order valence-corrected chi connectivity index (χ0v) is 10.2. The lowest BCUT2D eigenvalue weighted by molar-refractivity contribution is 0.0690. The molecule has 1 heterocycles. The van der Waals surface area contributed by atoms with Gasteiger partial charge in [-0.05, 0) is 25.0 Å². The highest BCUT2D eigenvalue weighted by Crippen LogP contribution is 2.30. The van der Waals surface area contributed by atoms with E-state index in [-0.39, 0.29) is 17.8 Å². The number of anilines is 1. The molecule has 0 bridgehead atoms. The zero-order valence-electron chi connectivity index (χ0n) is 10.2. The standard InChI is InChI=1S/C13H18N2O3/c16-9-13(7-2-1-3-8-13)15-11-6-4-5-10(14-11)12(17)18/h4-6,16H,1-3,7-9H2,(H,14,15)(H,17,18). The van der Waals surface area contributed by atoms with Crippen molar-refractivity contribution in [1.29, 1.82) is 0 Å². The molecule has 3 N–H and O–H groups in total. The van der Waals surface area contributed by atoms with Gasteiger partial charge in [0.2, 0.25) is 0 Å². The van der Waals surface area contributed by atoms with Crippen LogP contribution in [0.5, 0.6) is 0 Å². The number of carboxylic acid groups (broad SMARTS) is 1. The fraction of sp³-hybridized carbons (Fsp3) is 0.538. The number of pyridine rings is 1. The summed E-state index contributed by atoms with van der Waals surface area (Å²) in [7, 11) is 0. The Bertz CT molecular complexity index is 428. The first-order valence-electron chi connectivity index (χ1n) is 6.25. The minimum atomic E-state index is -1.04. The van der Waals surface area contributed by atoms with Gasteiger partial charge in [0.05, 0.1) is 12.1 Å². The Kier molecular flexibility index (Phi) is 3.81. The van der Waals surface area contributed by atoms with Crippen molar-refractivity contribution in [1.82, 2.24) is 4.98 Å². The van der Waals surface area contributed by atoms with Crippen LogP contribution < -0.4 is 5.32 Å². The highest BCUT2D eigenvalue weighted by atomic mass is 16.4. The van der Waals surface area contributed by atoms with Crippen molar-refractivity contribution >= 4 is 11.8 Å². The average molecular weight is 250 g/mol. The number of nitrogens with one attached hydrogen (secondary N) is 1. The van der Waals surface area contributed by atoms with Gasteiger partial charge >= 0.3 is 5.97 Å². The van der Waals surface area contributed by atoms with Crippen LogP contribution in [0, 0.1) is 0 Å². The second kappa shape index (κ2) is 5.35. The lowest BCUT2D eigenvalue weighted by Crippen LogP contribution is -2.44. The molecule has 0 spiro atoms. The molecule has 1 aromatic heterocycles. The Morgan fingerprint density at radius 1 is 1.33 bits per heavy atom. The molecule has 1 aliphatic carbocycles. The van der Waals surface area contributed by atoms with Crippen LogP contribution in [0.4, 0.5) is 5.82 Å². The maximum absolute atomic E-state index is 10.9. The topological polar surface area (TPSA) is 82.5 Å². The third-order valence-electron chi connectivity index (χ3n) is 3.47. The molecule has 1 saturated carbocycles. The Balaban J connectivity index is 2.16. The minimum Gasteiger partial charge on any atom is -0.477 e. The maximum atomic E-state index is 10.9. The van der Waals surface area contributed by atoms with Gasteiger partial charge in [0.1, 0.15) is 5.82 Å². The molecule has 1 aliphatic rings. The largest absolute Gasteiger partial charge is 0.477 e. The lowest BCUT2D eigenvalue weighted by Gasteiger charge is -2.37. The monoisotopic (exact) mass is 250 g/mol. The fourth-order valence-electron chi connectivity index (χ4n) is 2.45. The molecule has 0 saturated heterocycles. The number of carbonyl (C=O) groups is 1. The third kappa shape index (κ3) is 2.79. The van der Waals surface area contributed by atoms with Crippen molar-refractivity contribution in [2.75, 3.05) is 11.9 Å². The van der Waals surface area contributed by atoms with E-state index in [2.05, 4.69) is 10.3 Å². The highest BCUT2D eigenvalue weighted by Gasteiger charge is 2.31. The van der Waals surface area contributed by atoms with Crippen LogP contribution in [0.25, 0.3) is 0 Å². The van der Waals surface area contributed by atoms with E-state index in [4.69, 9.17) is 5.11 Å². The number of hydrogen-bond donors (Lipinski definition) is 3. The molecule has 1 fully saturated rings. The van der Waals surface area contributed by atoms with Crippen molar-refractivity contribution in [3.63, 3.8) is 0 Å². The average Bonchev–Trinajstić information content (AvgIpc) is 2.40. The Morgan fingerprint density at radius 2 is 2.06 bits per heavy atom. The number of rotatable bonds is 4. The summed E-state index contributed by atoms with van der Waals surface area (Å²) in [5.41, 5.74) is -0.327. The second-order valence-corrected chi connectivity index (χ2v) is 4.84.